The highest BCUT2D eigenvalue weighted by molar-refractivity contribution is 5.96. The van der Waals surface area contributed by atoms with Crippen LogP contribution in [0.25, 0.3) is 0 Å². The van der Waals surface area contributed by atoms with Crippen LogP contribution in [0.3, 0.4) is 0 Å². The van der Waals surface area contributed by atoms with Crippen LogP contribution in [0.1, 0.15) is 5.56 Å². The van der Waals surface area contributed by atoms with Crippen LogP contribution in [0.5, 0.6) is 0 Å². The van der Waals surface area contributed by atoms with Crippen molar-refractivity contribution in [3.05, 3.63) is 66.2 Å². The smallest absolute Gasteiger partial charge is 0.243 e. The number of para-hydroxylation sites is 1. The first-order valence-electron chi connectivity index (χ1n) is 6.30. The van der Waals surface area contributed by atoms with Gasteiger partial charge in [-0.15, -0.1) is 0 Å². The second-order valence-corrected chi connectivity index (χ2v) is 4.53. The molecule has 0 aromatic heterocycles. The van der Waals surface area contributed by atoms with Gasteiger partial charge in [0, 0.05) is 12.7 Å². The van der Waals surface area contributed by atoms with Crippen molar-refractivity contribution >= 4 is 11.6 Å². The second-order valence-electron chi connectivity index (χ2n) is 4.53. The summed E-state index contributed by atoms with van der Waals surface area (Å²) >= 11 is 0. The fourth-order valence-electron chi connectivity index (χ4n) is 1.98. The fourth-order valence-corrected chi connectivity index (χ4v) is 1.98. The molecular formula is C16H18N2O. The molecule has 19 heavy (non-hydrogen) atoms. The summed E-state index contributed by atoms with van der Waals surface area (Å²) < 4.78 is 0. The lowest BCUT2D eigenvalue weighted by molar-refractivity contribution is -0.119. The second kappa shape index (κ2) is 6.16. The molecular weight excluding hydrogens is 236 g/mol. The SMILES string of the molecule is CN(C(=O)[C@H](N)Cc1ccccc1)c1ccccc1. The number of hydrogen-bond donors (Lipinski definition) is 1. The van der Waals surface area contributed by atoms with Gasteiger partial charge in [-0.1, -0.05) is 48.5 Å². The Bertz CT molecular complexity index is 525. The maximum atomic E-state index is 12.2. The third-order valence-corrected chi connectivity index (χ3v) is 3.09. The first kappa shape index (κ1) is 13.3. The summed E-state index contributed by atoms with van der Waals surface area (Å²) in [5, 5.41) is 0. The largest absolute Gasteiger partial charge is 0.320 e. The van der Waals surface area contributed by atoms with Crippen LogP contribution in [0.15, 0.2) is 60.7 Å². The number of hydrogen-bond acceptors (Lipinski definition) is 2. The van der Waals surface area contributed by atoms with Crippen molar-refractivity contribution in [1.82, 2.24) is 0 Å². The summed E-state index contributed by atoms with van der Waals surface area (Å²) in [6.07, 6.45) is 0.552. The zero-order valence-electron chi connectivity index (χ0n) is 11.0. The molecule has 98 valence electrons. The maximum Gasteiger partial charge on any atom is 0.243 e. The van der Waals surface area contributed by atoms with Gasteiger partial charge in [0.05, 0.1) is 6.04 Å². The van der Waals surface area contributed by atoms with Gasteiger partial charge in [-0.3, -0.25) is 4.79 Å². The summed E-state index contributed by atoms with van der Waals surface area (Å²) in [5.74, 6) is -0.0740. The standard InChI is InChI=1S/C16H18N2O/c1-18(14-10-6-3-7-11-14)16(19)15(17)12-13-8-4-2-5-9-13/h2-11,15H,12,17H2,1H3/t15-/m1/s1. The molecule has 2 aromatic rings. The lowest BCUT2D eigenvalue weighted by atomic mass is 10.1. The molecule has 0 heterocycles. The van der Waals surface area contributed by atoms with Crippen molar-refractivity contribution in [3.63, 3.8) is 0 Å². The van der Waals surface area contributed by atoms with E-state index in [1.54, 1.807) is 11.9 Å². The van der Waals surface area contributed by atoms with Crippen LogP contribution >= 0.6 is 0 Å². The number of anilines is 1. The molecule has 0 aliphatic carbocycles. The van der Waals surface area contributed by atoms with E-state index in [2.05, 4.69) is 0 Å². The van der Waals surface area contributed by atoms with Crippen molar-refractivity contribution in [2.24, 2.45) is 5.73 Å². The lowest BCUT2D eigenvalue weighted by Crippen LogP contribution is -2.43. The quantitative estimate of drug-likeness (QED) is 0.909. The van der Waals surface area contributed by atoms with Crippen molar-refractivity contribution in [2.45, 2.75) is 12.5 Å². The van der Waals surface area contributed by atoms with E-state index < -0.39 is 6.04 Å². The Hall–Kier alpha value is -2.13. The Morgan fingerprint density at radius 3 is 2.16 bits per heavy atom. The molecule has 1 amide bonds. The number of likely N-dealkylation sites (N-methyl/N-ethyl adjacent to an activating group) is 1. The van der Waals surface area contributed by atoms with Crippen LogP contribution in [-0.4, -0.2) is 19.0 Å². The van der Waals surface area contributed by atoms with E-state index in [1.165, 1.54) is 0 Å². The summed E-state index contributed by atoms with van der Waals surface area (Å²) in [4.78, 5) is 13.9. The lowest BCUT2D eigenvalue weighted by Gasteiger charge is -2.21. The first-order chi connectivity index (χ1) is 9.18. The van der Waals surface area contributed by atoms with Gasteiger partial charge in [-0.25, -0.2) is 0 Å². The molecule has 0 unspecified atom stereocenters. The highest BCUT2D eigenvalue weighted by atomic mass is 16.2. The molecule has 2 aromatic carbocycles. The molecule has 0 saturated carbocycles. The van der Waals surface area contributed by atoms with Gasteiger partial charge >= 0.3 is 0 Å². The van der Waals surface area contributed by atoms with E-state index in [1.807, 2.05) is 60.7 Å². The Balaban J connectivity index is 2.03. The average molecular weight is 254 g/mol. The number of carbonyl (C=O) groups is 1. The van der Waals surface area contributed by atoms with Crippen LogP contribution in [0, 0.1) is 0 Å². The molecule has 3 heteroatoms. The third-order valence-electron chi connectivity index (χ3n) is 3.09. The van der Waals surface area contributed by atoms with Crippen LogP contribution in [-0.2, 0) is 11.2 Å². The number of nitrogens with two attached hydrogens (primary N) is 1. The molecule has 0 saturated heterocycles. The molecule has 2 N–H and O–H groups in total. The molecule has 0 aliphatic rings. The predicted octanol–water partition coefficient (Wildman–Crippen LogP) is 2.22. The molecule has 0 radical (unpaired) electrons. The molecule has 3 nitrogen and oxygen atoms in total. The van der Waals surface area contributed by atoms with Crippen LogP contribution in [0.4, 0.5) is 5.69 Å². The minimum Gasteiger partial charge on any atom is -0.320 e. The summed E-state index contributed by atoms with van der Waals surface area (Å²) in [6.45, 7) is 0. The molecule has 1 atom stereocenters. The third kappa shape index (κ3) is 3.42. The van der Waals surface area contributed by atoms with E-state index in [0.29, 0.717) is 6.42 Å². The van der Waals surface area contributed by atoms with Gasteiger partial charge < -0.3 is 10.6 Å². The number of carbonyl (C=O) groups excluding carboxylic acids is 1. The van der Waals surface area contributed by atoms with Crippen LogP contribution in [0.2, 0.25) is 0 Å². The zero-order valence-corrected chi connectivity index (χ0v) is 11.0. The summed E-state index contributed by atoms with van der Waals surface area (Å²) in [6, 6.07) is 18.8. The maximum absolute atomic E-state index is 12.2. The number of amides is 1. The predicted molar refractivity (Wildman–Crippen MR) is 78.0 cm³/mol. The van der Waals surface area contributed by atoms with Crippen LogP contribution < -0.4 is 10.6 Å². The van der Waals surface area contributed by atoms with E-state index in [-0.39, 0.29) is 5.91 Å². The topological polar surface area (TPSA) is 46.3 Å². The van der Waals surface area contributed by atoms with Crippen molar-refractivity contribution in [2.75, 3.05) is 11.9 Å². The van der Waals surface area contributed by atoms with Gasteiger partial charge in [0.1, 0.15) is 0 Å². The monoisotopic (exact) mass is 254 g/mol. The van der Waals surface area contributed by atoms with E-state index in [9.17, 15) is 4.79 Å². The highest BCUT2D eigenvalue weighted by Gasteiger charge is 2.19. The van der Waals surface area contributed by atoms with Crippen molar-refractivity contribution in [3.8, 4) is 0 Å². The van der Waals surface area contributed by atoms with Gasteiger partial charge in [0.25, 0.3) is 0 Å². The van der Waals surface area contributed by atoms with E-state index in [4.69, 9.17) is 5.73 Å². The Labute approximate surface area is 113 Å². The summed E-state index contributed by atoms with van der Waals surface area (Å²) in [5.41, 5.74) is 7.93. The number of nitrogens with zero attached hydrogens (tertiary/aromatic N) is 1. The first-order valence-corrected chi connectivity index (χ1v) is 6.30. The molecule has 0 aliphatic heterocycles. The van der Waals surface area contributed by atoms with Gasteiger partial charge in [-0.05, 0) is 24.1 Å². The molecule has 0 spiro atoms. The molecule has 0 fully saturated rings. The van der Waals surface area contributed by atoms with Gasteiger partial charge in [0.2, 0.25) is 5.91 Å². The van der Waals surface area contributed by atoms with E-state index in [0.717, 1.165) is 11.3 Å². The number of rotatable bonds is 4. The molecule has 2 rings (SSSR count). The van der Waals surface area contributed by atoms with E-state index >= 15 is 0 Å². The molecule has 0 bridgehead atoms. The number of benzene rings is 2. The van der Waals surface area contributed by atoms with Crippen molar-refractivity contribution in [1.29, 1.82) is 0 Å². The zero-order chi connectivity index (χ0) is 13.7. The average Bonchev–Trinajstić information content (AvgIpc) is 2.47. The Morgan fingerprint density at radius 2 is 1.58 bits per heavy atom. The highest BCUT2D eigenvalue weighted by Crippen LogP contribution is 2.13. The Morgan fingerprint density at radius 1 is 1.05 bits per heavy atom. The minimum atomic E-state index is -0.521. The normalized spacial score (nSPS) is 11.9. The fraction of sp³-hybridized carbons (Fsp3) is 0.188. The summed E-state index contributed by atoms with van der Waals surface area (Å²) in [7, 11) is 1.75. The van der Waals surface area contributed by atoms with Crippen molar-refractivity contribution < 1.29 is 4.79 Å². The van der Waals surface area contributed by atoms with Gasteiger partial charge in [-0.2, -0.15) is 0 Å². The van der Waals surface area contributed by atoms with Gasteiger partial charge in [0.15, 0.2) is 0 Å². The Kier molecular flexibility index (Phi) is 4.31. The minimum absolute atomic E-state index is 0.0740.